The van der Waals surface area contributed by atoms with Crippen LogP contribution in [0.2, 0.25) is 19.6 Å². The van der Waals surface area contributed by atoms with Crippen molar-refractivity contribution in [2.45, 2.75) is 82.5 Å². The molecule has 0 saturated carbocycles. The first-order chi connectivity index (χ1) is 13.9. The average molecular weight is 659 g/mol. The quantitative estimate of drug-likeness (QED) is 0.0666. The molecule has 0 unspecified atom stereocenters. The van der Waals surface area contributed by atoms with Crippen molar-refractivity contribution >= 4 is 68.5 Å². The van der Waals surface area contributed by atoms with Crippen LogP contribution in [-0.4, -0.2) is 73.4 Å². The first-order valence-corrected chi connectivity index (χ1v) is 13.5. The predicted octanol–water partition coefficient (Wildman–Crippen LogP) is -5.89. The maximum atomic E-state index is 10.2. The fourth-order valence-corrected chi connectivity index (χ4v) is 3.46. The van der Waals surface area contributed by atoms with Gasteiger partial charge in [0.25, 0.3) is 6.47 Å². The second-order valence-electron chi connectivity index (χ2n) is 8.43. The molecule has 2 aliphatic heterocycles. The molecule has 0 amide bonds. The molecule has 5 N–H and O–H groups in total. The summed E-state index contributed by atoms with van der Waals surface area (Å²) in [5.74, 6) is 5.42. The van der Waals surface area contributed by atoms with Crippen LogP contribution in [0.5, 0.6) is 0 Å². The number of aliphatic hydroxyl groups is 3. The van der Waals surface area contributed by atoms with Crippen LogP contribution >= 0.6 is 54.0 Å². The SMILES string of the molecule is C#C[C@](C)(O)[C@@H]1CCCN1.CO.C[C@](O)(C#C[Si](C)(C)C)[C@@H]1CCCN1.O=CO[O-].S.S.S.S.[H-].[K+].[K+]. The Morgan fingerprint density at radius 2 is 1.31 bits per heavy atom. The third-order valence-corrected chi connectivity index (χ3v) is 5.37. The van der Waals surface area contributed by atoms with Crippen molar-refractivity contribution in [1.82, 2.24) is 10.6 Å². The van der Waals surface area contributed by atoms with E-state index in [1.165, 1.54) is 0 Å². The van der Waals surface area contributed by atoms with Crippen LogP contribution in [0.15, 0.2) is 0 Å². The van der Waals surface area contributed by atoms with Gasteiger partial charge >= 0.3 is 103 Å². The number of hydrogen-bond acceptors (Lipinski definition) is 8. The van der Waals surface area contributed by atoms with E-state index in [0.717, 1.165) is 45.9 Å². The maximum Gasteiger partial charge on any atom is 1.00 e. The Balaban J connectivity index is -0.0000000439. The Kier molecular flexibility index (Phi) is 53.5. The second-order valence-corrected chi connectivity index (χ2v) is 13.2. The van der Waals surface area contributed by atoms with Crippen molar-refractivity contribution in [3.8, 4) is 23.8 Å². The van der Waals surface area contributed by atoms with Gasteiger partial charge in [0.2, 0.25) is 0 Å². The Labute approximate surface area is 334 Å². The summed E-state index contributed by atoms with van der Waals surface area (Å²) in [6.45, 7) is 11.9. The van der Waals surface area contributed by atoms with Crippen molar-refractivity contribution in [3.63, 3.8) is 0 Å². The summed E-state index contributed by atoms with van der Waals surface area (Å²) in [4.78, 5) is 11.2. The molecular weight excluding hydrogens is 611 g/mol. The first-order valence-electron chi connectivity index (χ1n) is 10.00. The molecule has 2 saturated heterocycles. The minimum Gasteiger partial charge on any atom is -1.00 e. The maximum absolute atomic E-state index is 10.2. The fraction of sp³-hybridized carbons (Fsp3) is 0.762. The number of carbonyl (C=O) groups is 1. The van der Waals surface area contributed by atoms with Crippen molar-refractivity contribution in [2.24, 2.45) is 0 Å². The van der Waals surface area contributed by atoms with E-state index >= 15 is 0 Å². The molecule has 0 bridgehead atoms. The summed E-state index contributed by atoms with van der Waals surface area (Å²) in [7, 11) is -0.367. The molecule has 8 nitrogen and oxygen atoms in total. The molecule has 0 spiro atoms. The predicted molar refractivity (Wildman–Crippen MR) is 161 cm³/mol. The molecular formula is C21H48K2N2O6S4Si. The van der Waals surface area contributed by atoms with Crippen molar-refractivity contribution in [1.29, 1.82) is 0 Å². The van der Waals surface area contributed by atoms with Gasteiger partial charge in [-0.25, -0.2) is 0 Å². The van der Waals surface area contributed by atoms with Crippen LogP contribution in [0.4, 0.5) is 0 Å². The molecule has 4 atom stereocenters. The summed E-state index contributed by atoms with van der Waals surface area (Å²) in [6, 6.07) is 0.254. The number of aliphatic hydroxyl groups excluding tert-OH is 1. The standard InChI is InChI=1S/C11H21NOSi.C8H13NO.CH2O3.CH4O.2K.4H2S.H/c1-11(13,7-9-14(2,3)4)10-6-5-8-12-10;1-3-8(2,10)7-5-4-6-9-7;2-1-4-3;1-2;;;;;;;/h10,12-13H,5-6,8H2,1-4H3;1,7,9-10H,4-6H2,2H3;1,3H;2H,1H3;;;4*1H2;/q;;;;2*+1;;;;;-1/p-1/t10-,11-;7-,8-;;;;;;;;;/m00........./s1. The molecule has 0 aromatic rings. The minimum absolute atomic E-state index is 0. The van der Waals surface area contributed by atoms with Crippen LogP contribution < -0.4 is 119 Å². The van der Waals surface area contributed by atoms with Crippen LogP contribution in [0.3, 0.4) is 0 Å². The van der Waals surface area contributed by atoms with E-state index in [9.17, 15) is 10.2 Å². The van der Waals surface area contributed by atoms with Gasteiger partial charge < -0.3 is 37.5 Å². The smallest absolute Gasteiger partial charge is 1.00 e. The Bertz CT molecular complexity index is 596. The number of terminal acetylenes is 1. The summed E-state index contributed by atoms with van der Waals surface area (Å²) >= 11 is 0. The molecule has 36 heavy (non-hydrogen) atoms. The Morgan fingerprint density at radius 3 is 1.53 bits per heavy atom. The van der Waals surface area contributed by atoms with E-state index in [-0.39, 0.29) is 177 Å². The first kappa shape index (κ1) is 58.8. The largest absolute Gasteiger partial charge is 1.00 e. The van der Waals surface area contributed by atoms with Gasteiger partial charge in [-0.1, -0.05) is 31.5 Å². The van der Waals surface area contributed by atoms with Crippen LogP contribution in [0.25, 0.3) is 0 Å². The van der Waals surface area contributed by atoms with Gasteiger partial charge in [-0.15, -0.1) is 12.0 Å². The molecule has 2 heterocycles. The number of rotatable bonds is 3. The summed E-state index contributed by atoms with van der Waals surface area (Å²) < 4.78 is 0. The van der Waals surface area contributed by atoms with E-state index in [1.54, 1.807) is 6.92 Å². The Hall–Kier alpha value is 3.24. The third-order valence-electron chi connectivity index (χ3n) is 4.50. The average Bonchev–Trinajstić information content (AvgIpc) is 3.43. The second kappa shape index (κ2) is 32.8. The summed E-state index contributed by atoms with van der Waals surface area (Å²) in [6.07, 6.45) is 9.43. The van der Waals surface area contributed by atoms with Crippen LogP contribution in [0.1, 0.15) is 41.0 Å². The van der Waals surface area contributed by atoms with Crippen LogP contribution in [0, 0.1) is 23.8 Å². The summed E-state index contributed by atoms with van der Waals surface area (Å²) in [5.41, 5.74) is 1.43. The van der Waals surface area contributed by atoms with Gasteiger partial charge in [0, 0.05) is 19.2 Å². The molecule has 0 aromatic carbocycles. The molecule has 208 valence electrons. The van der Waals surface area contributed by atoms with Gasteiger partial charge in [-0.05, 0) is 52.6 Å². The van der Waals surface area contributed by atoms with Gasteiger partial charge in [0.05, 0.1) is 0 Å². The fourth-order valence-electron chi connectivity index (χ4n) is 2.83. The molecule has 2 fully saturated rings. The number of hydrogen-bond donors (Lipinski definition) is 5. The zero-order valence-electron chi connectivity index (χ0n) is 24.1. The van der Waals surface area contributed by atoms with E-state index in [2.05, 4.69) is 52.5 Å². The van der Waals surface area contributed by atoms with Gasteiger partial charge in [-0.3, -0.25) is 4.79 Å². The minimum atomic E-state index is -1.37. The van der Waals surface area contributed by atoms with Gasteiger partial charge in [0.1, 0.15) is 19.3 Å². The Morgan fingerprint density at radius 1 is 0.972 bits per heavy atom. The van der Waals surface area contributed by atoms with Crippen molar-refractivity contribution < 1.29 is 134 Å². The zero-order chi connectivity index (χ0) is 23.8. The zero-order valence-corrected chi connectivity index (χ0v) is 34.4. The molecule has 2 rings (SSSR count). The van der Waals surface area contributed by atoms with E-state index in [4.69, 9.17) is 21.6 Å². The molecule has 0 aliphatic carbocycles. The topological polar surface area (TPSA) is 134 Å². The van der Waals surface area contributed by atoms with Gasteiger partial charge in [0.15, 0.2) is 0 Å². The van der Waals surface area contributed by atoms with Crippen molar-refractivity contribution in [2.75, 3.05) is 20.2 Å². The monoisotopic (exact) mass is 658 g/mol. The summed E-state index contributed by atoms with van der Waals surface area (Å²) in [5, 5.41) is 41.6. The van der Waals surface area contributed by atoms with Crippen LogP contribution in [-0.2, 0) is 9.68 Å². The number of carbonyl (C=O) groups excluding carboxylic acids is 1. The normalized spacial score (nSPS) is 19.7. The van der Waals surface area contributed by atoms with Crippen molar-refractivity contribution in [3.05, 3.63) is 0 Å². The van der Waals surface area contributed by atoms with E-state index < -0.39 is 19.3 Å². The molecule has 15 heteroatoms. The molecule has 2 aliphatic rings. The molecule has 0 aromatic heterocycles. The van der Waals surface area contributed by atoms with E-state index in [0.29, 0.717) is 0 Å². The van der Waals surface area contributed by atoms with Gasteiger partial charge in [-0.2, -0.15) is 54.0 Å². The number of nitrogens with one attached hydrogen (secondary N) is 2. The third kappa shape index (κ3) is 30.2. The van der Waals surface area contributed by atoms with E-state index in [1.807, 2.05) is 6.92 Å². The molecule has 0 radical (unpaired) electrons.